The molecule has 106 valence electrons. The molecular formula is C16H23BrFN. The second kappa shape index (κ2) is 6.25. The van der Waals surface area contributed by atoms with E-state index in [1.54, 1.807) is 6.07 Å². The number of aryl methyl sites for hydroxylation is 1. The summed E-state index contributed by atoms with van der Waals surface area (Å²) >= 11 is 3.27. The summed E-state index contributed by atoms with van der Waals surface area (Å²) in [6.45, 7) is 6.57. The highest BCUT2D eigenvalue weighted by Crippen LogP contribution is 2.34. The van der Waals surface area contributed by atoms with Crippen LogP contribution in [0.5, 0.6) is 0 Å². The largest absolute Gasteiger partial charge is 0.382 e. The van der Waals surface area contributed by atoms with Crippen LogP contribution in [0.15, 0.2) is 16.6 Å². The third-order valence-corrected chi connectivity index (χ3v) is 4.89. The lowest BCUT2D eigenvalue weighted by Crippen LogP contribution is -2.35. The standard InChI is InChI=1S/C16H23BrFN/c1-10(2)12-6-4-5-7-15(12)19-16-9-13(17)14(18)8-11(16)3/h8-10,12,15,19H,4-7H2,1-3H3. The van der Waals surface area contributed by atoms with Gasteiger partial charge in [-0.1, -0.05) is 26.7 Å². The van der Waals surface area contributed by atoms with E-state index in [4.69, 9.17) is 0 Å². The summed E-state index contributed by atoms with van der Waals surface area (Å²) in [5.41, 5.74) is 2.04. The molecule has 1 aromatic rings. The minimum Gasteiger partial charge on any atom is -0.382 e. The van der Waals surface area contributed by atoms with E-state index in [9.17, 15) is 4.39 Å². The Kier molecular flexibility index (Phi) is 4.88. The Bertz CT molecular complexity index is 445. The predicted molar refractivity (Wildman–Crippen MR) is 83.0 cm³/mol. The monoisotopic (exact) mass is 327 g/mol. The van der Waals surface area contributed by atoms with Gasteiger partial charge in [0, 0.05) is 11.7 Å². The van der Waals surface area contributed by atoms with Crippen molar-refractivity contribution < 1.29 is 4.39 Å². The van der Waals surface area contributed by atoms with Crippen LogP contribution in [0.3, 0.4) is 0 Å². The first kappa shape index (κ1) is 14.8. The zero-order valence-corrected chi connectivity index (χ0v) is 13.6. The van der Waals surface area contributed by atoms with Crippen molar-refractivity contribution in [2.24, 2.45) is 11.8 Å². The summed E-state index contributed by atoms with van der Waals surface area (Å²) < 4.78 is 14.0. The molecule has 1 aliphatic carbocycles. The molecule has 3 heteroatoms. The van der Waals surface area contributed by atoms with Crippen molar-refractivity contribution in [3.05, 3.63) is 28.0 Å². The minimum absolute atomic E-state index is 0.188. The third-order valence-electron chi connectivity index (χ3n) is 4.28. The number of benzene rings is 1. The van der Waals surface area contributed by atoms with Crippen LogP contribution in [0.4, 0.5) is 10.1 Å². The molecule has 0 amide bonds. The zero-order valence-electron chi connectivity index (χ0n) is 12.0. The number of halogens is 2. The molecular weight excluding hydrogens is 305 g/mol. The SMILES string of the molecule is Cc1cc(F)c(Br)cc1NC1CCCCC1C(C)C. The quantitative estimate of drug-likeness (QED) is 0.770. The Labute approximate surface area is 124 Å². The van der Waals surface area contributed by atoms with E-state index in [1.807, 2.05) is 13.0 Å². The molecule has 0 bridgehead atoms. The van der Waals surface area contributed by atoms with Crippen molar-refractivity contribution in [1.82, 2.24) is 0 Å². The van der Waals surface area contributed by atoms with Crippen LogP contribution in [-0.2, 0) is 0 Å². The van der Waals surface area contributed by atoms with Gasteiger partial charge in [0.05, 0.1) is 4.47 Å². The maximum absolute atomic E-state index is 13.5. The van der Waals surface area contributed by atoms with Crippen molar-refractivity contribution in [3.63, 3.8) is 0 Å². The zero-order chi connectivity index (χ0) is 14.0. The van der Waals surface area contributed by atoms with Crippen LogP contribution in [0.1, 0.15) is 45.1 Å². The number of hydrogen-bond donors (Lipinski definition) is 1. The first-order valence-corrected chi connectivity index (χ1v) is 8.00. The van der Waals surface area contributed by atoms with Gasteiger partial charge in [0.15, 0.2) is 0 Å². The van der Waals surface area contributed by atoms with E-state index in [0.29, 0.717) is 16.4 Å². The highest BCUT2D eigenvalue weighted by molar-refractivity contribution is 9.10. The minimum atomic E-state index is -0.188. The summed E-state index contributed by atoms with van der Waals surface area (Å²) in [6.07, 6.45) is 5.16. The second-order valence-corrected chi connectivity index (χ2v) is 6.88. The van der Waals surface area contributed by atoms with Crippen LogP contribution in [0.25, 0.3) is 0 Å². The molecule has 0 heterocycles. The van der Waals surface area contributed by atoms with Gasteiger partial charge in [0.1, 0.15) is 5.82 Å². The number of hydrogen-bond acceptors (Lipinski definition) is 1. The summed E-state index contributed by atoms with van der Waals surface area (Å²) in [6, 6.07) is 3.99. The van der Waals surface area contributed by atoms with Crippen molar-refractivity contribution in [2.75, 3.05) is 5.32 Å². The molecule has 0 aromatic heterocycles. The Balaban J connectivity index is 2.17. The summed E-state index contributed by atoms with van der Waals surface area (Å²) in [4.78, 5) is 0. The fourth-order valence-corrected chi connectivity index (χ4v) is 3.48. The van der Waals surface area contributed by atoms with Crippen LogP contribution < -0.4 is 5.32 Å². The fourth-order valence-electron chi connectivity index (χ4n) is 3.14. The maximum Gasteiger partial charge on any atom is 0.137 e. The van der Waals surface area contributed by atoms with E-state index in [1.165, 1.54) is 25.7 Å². The molecule has 2 unspecified atom stereocenters. The summed E-state index contributed by atoms with van der Waals surface area (Å²) in [5.74, 6) is 1.23. The molecule has 1 saturated carbocycles. The molecule has 1 aromatic carbocycles. The van der Waals surface area contributed by atoms with E-state index < -0.39 is 0 Å². The van der Waals surface area contributed by atoms with E-state index in [2.05, 4.69) is 35.1 Å². The molecule has 2 rings (SSSR count). The van der Waals surface area contributed by atoms with Crippen LogP contribution >= 0.6 is 15.9 Å². The van der Waals surface area contributed by atoms with Gasteiger partial charge in [-0.15, -0.1) is 0 Å². The van der Waals surface area contributed by atoms with Crippen LogP contribution in [0, 0.1) is 24.6 Å². The lowest BCUT2D eigenvalue weighted by atomic mass is 9.77. The first-order valence-electron chi connectivity index (χ1n) is 7.21. The van der Waals surface area contributed by atoms with Gasteiger partial charge in [0.25, 0.3) is 0 Å². The Morgan fingerprint density at radius 1 is 1.26 bits per heavy atom. The van der Waals surface area contributed by atoms with Gasteiger partial charge in [-0.25, -0.2) is 4.39 Å². The Morgan fingerprint density at radius 2 is 1.95 bits per heavy atom. The average Bonchev–Trinajstić information content (AvgIpc) is 2.36. The predicted octanol–water partition coefficient (Wildman–Crippen LogP) is 5.52. The fraction of sp³-hybridized carbons (Fsp3) is 0.625. The van der Waals surface area contributed by atoms with Gasteiger partial charge >= 0.3 is 0 Å². The Morgan fingerprint density at radius 3 is 2.63 bits per heavy atom. The molecule has 0 spiro atoms. The highest BCUT2D eigenvalue weighted by atomic mass is 79.9. The number of rotatable bonds is 3. The van der Waals surface area contributed by atoms with Crippen molar-refractivity contribution in [3.8, 4) is 0 Å². The Hall–Kier alpha value is -0.570. The summed E-state index contributed by atoms with van der Waals surface area (Å²) in [5, 5.41) is 3.65. The van der Waals surface area contributed by atoms with Crippen LogP contribution in [0.2, 0.25) is 0 Å². The van der Waals surface area contributed by atoms with Crippen molar-refractivity contribution in [1.29, 1.82) is 0 Å². The lowest BCUT2D eigenvalue weighted by molar-refractivity contribution is 0.253. The van der Waals surface area contributed by atoms with Crippen molar-refractivity contribution >= 4 is 21.6 Å². The van der Waals surface area contributed by atoms with Gasteiger partial charge in [-0.05, 0) is 65.2 Å². The average molecular weight is 328 g/mol. The molecule has 2 atom stereocenters. The molecule has 0 radical (unpaired) electrons. The molecule has 1 aliphatic rings. The molecule has 1 N–H and O–H groups in total. The first-order chi connectivity index (χ1) is 8.99. The molecule has 1 nitrogen and oxygen atoms in total. The van der Waals surface area contributed by atoms with Crippen LogP contribution in [-0.4, -0.2) is 6.04 Å². The van der Waals surface area contributed by atoms with E-state index in [-0.39, 0.29) is 5.82 Å². The van der Waals surface area contributed by atoms with E-state index in [0.717, 1.165) is 17.2 Å². The van der Waals surface area contributed by atoms with Gasteiger partial charge in [-0.2, -0.15) is 0 Å². The van der Waals surface area contributed by atoms with Gasteiger partial charge < -0.3 is 5.32 Å². The normalized spacial score (nSPS) is 23.7. The smallest absolute Gasteiger partial charge is 0.137 e. The molecule has 0 aliphatic heterocycles. The molecule has 0 saturated heterocycles. The topological polar surface area (TPSA) is 12.0 Å². The maximum atomic E-state index is 13.5. The van der Waals surface area contributed by atoms with Gasteiger partial charge in [-0.3, -0.25) is 0 Å². The summed E-state index contributed by atoms with van der Waals surface area (Å²) in [7, 11) is 0. The number of nitrogens with one attached hydrogen (secondary N) is 1. The highest BCUT2D eigenvalue weighted by Gasteiger charge is 2.27. The lowest BCUT2D eigenvalue weighted by Gasteiger charge is -2.36. The molecule has 19 heavy (non-hydrogen) atoms. The van der Waals surface area contributed by atoms with E-state index >= 15 is 0 Å². The number of anilines is 1. The molecule has 1 fully saturated rings. The van der Waals surface area contributed by atoms with Crippen molar-refractivity contribution in [2.45, 2.75) is 52.5 Å². The second-order valence-electron chi connectivity index (χ2n) is 6.02. The third kappa shape index (κ3) is 3.50. The van der Waals surface area contributed by atoms with Gasteiger partial charge in [0.2, 0.25) is 0 Å².